The first-order valence-corrected chi connectivity index (χ1v) is 27.1. The zero-order valence-electron chi connectivity index (χ0n) is 41.7. The number of unbranched alkanes of at least 4 members (excludes halogenated alkanes) is 30. The highest BCUT2D eigenvalue weighted by Gasteiger charge is 2.44. The summed E-state index contributed by atoms with van der Waals surface area (Å²) < 4.78 is 16.6. The molecule has 0 aliphatic carbocycles. The second kappa shape index (κ2) is 44.6. The van der Waals surface area contributed by atoms with Gasteiger partial charge in [-0.2, -0.15) is 0 Å². The lowest BCUT2D eigenvalue weighted by molar-refractivity contribution is -0.302. The number of carbonyl (C=O) groups is 2. The summed E-state index contributed by atoms with van der Waals surface area (Å²) >= 11 is 0. The summed E-state index contributed by atoms with van der Waals surface area (Å²) in [6.07, 6.45) is 41.2. The minimum atomic E-state index is -1.57. The van der Waals surface area contributed by atoms with Gasteiger partial charge in [0, 0.05) is 12.8 Å². The Labute approximate surface area is 397 Å². The summed E-state index contributed by atoms with van der Waals surface area (Å²) in [6, 6.07) is -0.812. The standard InChI is InChI=1S/C54H101NO10/c1-3-5-7-9-11-13-21-26-30-34-38-42-50(59)63-43-39-35-31-27-23-20-18-16-14-15-17-19-22-25-29-33-37-41-49(58)55-46(47(57)40-36-32-28-24-12-10-8-6-4-2)45-64-54-53(62)52(61)51(60)48(44-56)65-54/h9,11,36,40,46-48,51-54,56-57,60-62H,3-8,10,12-35,37-39,41-45H2,1-2H3,(H,55,58)/b11-9-,40-36+. The van der Waals surface area contributed by atoms with Crippen molar-refractivity contribution in [2.45, 2.75) is 288 Å². The minimum Gasteiger partial charge on any atom is -0.466 e. The summed E-state index contributed by atoms with van der Waals surface area (Å²) in [6.45, 7) is 4.25. The van der Waals surface area contributed by atoms with Gasteiger partial charge in [-0.1, -0.05) is 205 Å². The van der Waals surface area contributed by atoms with E-state index in [1.807, 2.05) is 6.08 Å². The van der Waals surface area contributed by atoms with Gasteiger partial charge in [-0.3, -0.25) is 9.59 Å². The number of amides is 1. The molecule has 0 bridgehead atoms. The molecule has 11 nitrogen and oxygen atoms in total. The average Bonchev–Trinajstić information content (AvgIpc) is 3.30. The predicted molar refractivity (Wildman–Crippen MR) is 264 cm³/mol. The van der Waals surface area contributed by atoms with Crippen LogP contribution in [0.4, 0.5) is 0 Å². The van der Waals surface area contributed by atoms with E-state index in [0.717, 1.165) is 64.2 Å². The molecule has 11 heteroatoms. The Balaban J connectivity index is 2.08. The number of hydrogen-bond donors (Lipinski definition) is 6. The van der Waals surface area contributed by atoms with E-state index in [1.165, 1.54) is 154 Å². The van der Waals surface area contributed by atoms with E-state index >= 15 is 0 Å². The Morgan fingerprint density at radius 3 is 1.52 bits per heavy atom. The number of ether oxygens (including phenoxy) is 3. The van der Waals surface area contributed by atoms with Crippen LogP contribution in [0.5, 0.6) is 0 Å². The van der Waals surface area contributed by atoms with E-state index in [0.29, 0.717) is 19.4 Å². The van der Waals surface area contributed by atoms with E-state index in [4.69, 9.17) is 14.2 Å². The normalized spacial score (nSPS) is 19.9. The molecule has 1 fully saturated rings. The number of allylic oxidation sites excluding steroid dienone is 3. The van der Waals surface area contributed by atoms with E-state index in [9.17, 15) is 35.1 Å². The maximum absolute atomic E-state index is 13.0. The zero-order valence-corrected chi connectivity index (χ0v) is 41.7. The molecule has 1 saturated heterocycles. The monoisotopic (exact) mass is 924 g/mol. The number of hydrogen-bond acceptors (Lipinski definition) is 10. The Kier molecular flexibility index (Phi) is 42.0. The highest BCUT2D eigenvalue weighted by molar-refractivity contribution is 5.76. The fraction of sp³-hybridized carbons (Fsp3) is 0.889. The van der Waals surface area contributed by atoms with Crippen LogP contribution in [0.3, 0.4) is 0 Å². The van der Waals surface area contributed by atoms with Crippen LogP contribution in [0, 0.1) is 0 Å². The predicted octanol–water partition coefficient (Wildman–Crippen LogP) is 11.4. The third-order valence-corrected chi connectivity index (χ3v) is 12.8. The van der Waals surface area contributed by atoms with Crippen molar-refractivity contribution < 1.29 is 49.3 Å². The van der Waals surface area contributed by atoms with Crippen LogP contribution in [0.25, 0.3) is 0 Å². The van der Waals surface area contributed by atoms with Gasteiger partial charge in [0.25, 0.3) is 0 Å². The summed E-state index contributed by atoms with van der Waals surface area (Å²) in [7, 11) is 0. The van der Waals surface area contributed by atoms with Crippen LogP contribution in [-0.2, 0) is 23.8 Å². The van der Waals surface area contributed by atoms with Crippen LogP contribution in [0.1, 0.15) is 245 Å². The second-order valence-electron chi connectivity index (χ2n) is 18.9. The van der Waals surface area contributed by atoms with Gasteiger partial charge >= 0.3 is 5.97 Å². The van der Waals surface area contributed by atoms with E-state index < -0.39 is 49.5 Å². The van der Waals surface area contributed by atoms with Crippen LogP contribution < -0.4 is 5.32 Å². The van der Waals surface area contributed by atoms with Crippen molar-refractivity contribution in [3.63, 3.8) is 0 Å². The average molecular weight is 924 g/mol. The maximum atomic E-state index is 13.0. The van der Waals surface area contributed by atoms with Crippen molar-refractivity contribution >= 4 is 11.9 Å². The van der Waals surface area contributed by atoms with Crippen LogP contribution in [0.2, 0.25) is 0 Å². The van der Waals surface area contributed by atoms with Gasteiger partial charge in [-0.25, -0.2) is 0 Å². The van der Waals surface area contributed by atoms with Gasteiger partial charge in [-0.15, -0.1) is 0 Å². The van der Waals surface area contributed by atoms with Gasteiger partial charge in [0.05, 0.1) is 32.0 Å². The fourth-order valence-electron chi connectivity index (χ4n) is 8.41. The molecule has 0 radical (unpaired) electrons. The summed E-state index contributed by atoms with van der Waals surface area (Å²) in [5.74, 6) is -0.213. The second-order valence-corrected chi connectivity index (χ2v) is 18.9. The molecular formula is C54H101NO10. The molecule has 65 heavy (non-hydrogen) atoms. The molecule has 0 aromatic heterocycles. The molecule has 1 aliphatic heterocycles. The van der Waals surface area contributed by atoms with Crippen molar-refractivity contribution in [3.05, 3.63) is 24.3 Å². The molecule has 1 rings (SSSR count). The van der Waals surface area contributed by atoms with Crippen molar-refractivity contribution in [1.29, 1.82) is 0 Å². The van der Waals surface area contributed by atoms with Crippen molar-refractivity contribution in [1.82, 2.24) is 5.32 Å². The lowest BCUT2D eigenvalue weighted by Crippen LogP contribution is -2.60. The molecular weight excluding hydrogens is 823 g/mol. The smallest absolute Gasteiger partial charge is 0.305 e. The largest absolute Gasteiger partial charge is 0.466 e. The van der Waals surface area contributed by atoms with E-state index in [1.54, 1.807) is 6.08 Å². The molecule has 7 unspecified atom stereocenters. The summed E-state index contributed by atoms with van der Waals surface area (Å²) in [5, 5.41) is 54.1. The Morgan fingerprint density at radius 1 is 0.554 bits per heavy atom. The first-order valence-electron chi connectivity index (χ1n) is 27.1. The molecule has 1 aliphatic rings. The van der Waals surface area contributed by atoms with Gasteiger partial charge < -0.3 is 45.1 Å². The highest BCUT2D eigenvalue weighted by atomic mass is 16.7. The van der Waals surface area contributed by atoms with Gasteiger partial charge in [-0.05, 0) is 51.4 Å². The molecule has 1 heterocycles. The Hall–Kier alpha value is -1.86. The Bertz CT molecular complexity index is 1130. The minimum absolute atomic E-state index is 0.0230. The molecule has 382 valence electrons. The highest BCUT2D eigenvalue weighted by Crippen LogP contribution is 2.23. The SMILES string of the molecule is CCCC/C=C\CCCCCCCC(=O)OCCCCCCCCCCCCCCCCCCCC(=O)NC(COC1OC(CO)C(O)C(O)C1O)C(O)/C=C/CCCCCCCCC. The summed E-state index contributed by atoms with van der Waals surface area (Å²) in [5.41, 5.74) is 0. The van der Waals surface area contributed by atoms with Crippen LogP contribution >= 0.6 is 0 Å². The third kappa shape index (κ3) is 35.0. The fourth-order valence-corrected chi connectivity index (χ4v) is 8.41. The topological polar surface area (TPSA) is 175 Å². The quantitative estimate of drug-likeness (QED) is 0.0196. The molecule has 7 atom stereocenters. The number of aliphatic hydroxyl groups is 5. The number of carbonyl (C=O) groups excluding carboxylic acids is 2. The number of nitrogens with one attached hydrogen (secondary N) is 1. The summed E-state index contributed by atoms with van der Waals surface area (Å²) in [4.78, 5) is 25.0. The van der Waals surface area contributed by atoms with Crippen molar-refractivity contribution in [2.24, 2.45) is 0 Å². The molecule has 0 aromatic rings. The zero-order chi connectivity index (χ0) is 47.4. The number of esters is 1. The van der Waals surface area contributed by atoms with Gasteiger partial charge in [0.15, 0.2) is 6.29 Å². The Morgan fingerprint density at radius 2 is 1.00 bits per heavy atom. The van der Waals surface area contributed by atoms with Crippen LogP contribution in [-0.4, -0.2) is 100 Å². The molecule has 0 saturated carbocycles. The lowest BCUT2D eigenvalue weighted by Gasteiger charge is -2.40. The molecule has 0 aromatic carbocycles. The lowest BCUT2D eigenvalue weighted by atomic mass is 9.99. The number of rotatable bonds is 46. The maximum Gasteiger partial charge on any atom is 0.305 e. The first kappa shape index (κ1) is 61.2. The van der Waals surface area contributed by atoms with Crippen molar-refractivity contribution in [2.75, 3.05) is 19.8 Å². The van der Waals surface area contributed by atoms with E-state index in [-0.39, 0.29) is 18.5 Å². The van der Waals surface area contributed by atoms with Gasteiger partial charge in [0.2, 0.25) is 5.91 Å². The third-order valence-electron chi connectivity index (χ3n) is 12.8. The van der Waals surface area contributed by atoms with Crippen molar-refractivity contribution in [3.8, 4) is 0 Å². The van der Waals surface area contributed by atoms with Gasteiger partial charge in [0.1, 0.15) is 24.4 Å². The first-order chi connectivity index (χ1) is 31.7. The molecule has 6 N–H and O–H groups in total. The number of aliphatic hydroxyl groups excluding tert-OH is 5. The van der Waals surface area contributed by atoms with E-state index in [2.05, 4.69) is 31.3 Å². The molecule has 1 amide bonds. The molecule has 0 spiro atoms. The van der Waals surface area contributed by atoms with Crippen LogP contribution in [0.15, 0.2) is 24.3 Å².